The topological polar surface area (TPSA) is 47.7 Å². The van der Waals surface area contributed by atoms with Gasteiger partial charge in [-0.25, -0.2) is 0 Å². The van der Waals surface area contributed by atoms with E-state index in [2.05, 4.69) is 33.0 Å². The molecule has 1 saturated heterocycles. The number of fused-ring (bicyclic) bond motifs is 1. The van der Waals surface area contributed by atoms with E-state index in [0.29, 0.717) is 18.7 Å². The molecular formula is C16H23BrN2O2. The van der Waals surface area contributed by atoms with Gasteiger partial charge in [0.05, 0.1) is 6.10 Å². The van der Waals surface area contributed by atoms with Gasteiger partial charge in [0.2, 0.25) is 0 Å². The molecule has 2 aliphatic rings. The number of benzene rings is 1. The molecule has 2 aliphatic heterocycles. The summed E-state index contributed by atoms with van der Waals surface area (Å²) in [5.41, 5.74) is 7.24. The zero-order valence-electron chi connectivity index (χ0n) is 12.4. The zero-order chi connectivity index (χ0) is 14.8. The summed E-state index contributed by atoms with van der Waals surface area (Å²) in [6.45, 7) is 2.68. The van der Waals surface area contributed by atoms with Crippen LogP contribution in [0.5, 0.6) is 5.75 Å². The second-order valence-corrected chi connectivity index (χ2v) is 6.88. The van der Waals surface area contributed by atoms with Gasteiger partial charge in [-0.3, -0.25) is 4.90 Å². The van der Waals surface area contributed by atoms with Gasteiger partial charge in [-0.2, -0.15) is 0 Å². The summed E-state index contributed by atoms with van der Waals surface area (Å²) in [4.78, 5) is 2.47. The molecule has 0 aliphatic carbocycles. The molecule has 4 nitrogen and oxygen atoms in total. The van der Waals surface area contributed by atoms with Crippen molar-refractivity contribution in [3.8, 4) is 5.75 Å². The number of hydrogen-bond acceptors (Lipinski definition) is 4. The van der Waals surface area contributed by atoms with E-state index >= 15 is 0 Å². The quantitative estimate of drug-likeness (QED) is 0.900. The number of rotatable bonds is 4. The third kappa shape index (κ3) is 3.42. The first-order chi connectivity index (χ1) is 10.2. The molecule has 2 N–H and O–H groups in total. The highest BCUT2D eigenvalue weighted by Crippen LogP contribution is 2.32. The maximum Gasteiger partial charge on any atom is 0.123 e. The molecule has 0 bridgehead atoms. The van der Waals surface area contributed by atoms with Crippen LogP contribution in [0.3, 0.4) is 0 Å². The fraction of sp³-hybridized carbons (Fsp3) is 0.625. The Bertz CT molecular complexity index is 497. The highest BCUT2D eigenvalue weighted by molar-refractivity contribution is 9.10. The van der Waals surface area contributed by atoms with Crippen molar-refractivity contribution in [2.45, 2.75) is 37.5 Å². The summed E-state index contributed by atoms with van der Waals surface area (Å²) in [7, 11) is 1.79. The lowest BCUT2D eigenvalue weighted by Crippen LogP contribution is -2.51. The van der Waals surface area contributed by atoms with Crippen molar-refractivity contribution >= 4 is 15.9 Å². The fourth-order valence-corrected chi connectivity index (χ4v) is 3.82. The van der Waals surface area contributed by atoms with Crippen molar-refractivity contribution in [3.63, 3.8) is 0 Å². The Labute approximate surface area is 134 Å². The fourth-order valence-electron chi connectivity index (χ4n) is 3.41. The summed E-state index contributed by atoms with van der Waals surface area (Å²) >= 11 is 3.52. The van der Waals surface area contributed by atoms with Crippen LogP contribution in [0.4, 0.5) is 0 Å². The van der Waals surface area contributed by atoms with Gasteiger partial charge in [0.15, 0.2) is 0 Å². The van der Waals surface area contributed by atoms with Crippen LogP contribution in [0.25, 0.3) is 0 Å². The first-order valence-electron chi connectivity index (χ1n) is 7.61. The first kappa shape index (κ1) is 15.3. The molecule has 0 saturated carbocycles. The monoisotopic (exact) mass is 354 g/mol. The van der Waals surface area contributed by atoms with Crippen LogP contribution in [0.15, 0.2) is 22.7 Å². The average Bonchev–Trinajstić information content (AvgIpc) is 2.89. The van der Waals surface area contributed by atoms with E-state index < -0.39 is 0 Å². The van der Waals surface area contributed by atoms with Crippen molar-refractivity contribution in [1.82, 2.24) is 4.90 Å². The van der Waals surface area contributed by atoms with Gasteiger partial charge in [-0.05, 0) is 36.6 Å². The second-order valence-electron chi connectivity index (χ2n) is 5.96. The Morgan fingerprint density at radius 1 is 1.48 bits per heavy atom. The highest BCUT2D eigenvalue weighted by atomic mass is 79.9. The van der Waals surface area contributed by atoms with Crippen molar-refractivity contribution in [2.24, 2.45) is 5.73 Å². The molecular weight excluding hydrogens is 332 g/mol. The SMILES string of the molecule is COC1CCN(CC2Cc3cc(Br)ccc3O2)C(CN)C1. The van der Waals surface area contributed by atoms with Crippen LogP contribution in [-0.4, -0.2) is 49.9 Å². The molecule has 1 fully saturated rings. The van der Waals surface area contributed by atoms with Gasteiger partial charge in [0.25, 0.3) is 0 Å². The number of hydrogen-bond donors (Lipinski definition) is 1. The summed E-state index contributed by atoms with van der Waals surface area (Å²) in [6, 6.07) is 6.65. The van der Waals surface area contributed by atoms with Crippen molar-refractivity contribution in [2.75, 3.05) is 26.7 Å². The van der Waals surface area contributed by atoms with Crippen LogP contribution < -0.4 is 10.5 Å². The van der Waals surface area contributed by atoms with Crippen molar-refractivity contribution in [1.29, 1.82) is 0 Å². The lowest BCUT2D eigenvalue weighted by atomic mass is 9.98. The normalized spacial score (nSPS) is 29.2. The molecule has 2 heterocycles. The molecule has 1 aromatic rings. The molecule has 1 aromatic carbocycles. The van der Waals surface area contributed by atoms with E-state index in [-0.39, 0.29) is 6.10 Å². The number of methoxy groups -OCH3 is 1. The van der Waals surface area contributed by atoms with Gasteiger partial charge < -0.3 is 15.2 Å². The van der Waals surface area contributed by atoms with Crippen LogP contribution in [0.1, 0.15) is 18.4 Å². The summed E-state index contributed by atoms with van der Waals surface area (Å²) in [5, 5.41) is 0. The molecule has 21 heavy (non-hydrogen) atoms. The molecule has 5 heteroatoms. The Hall–Kier alpha value is -0.620. The van der Waals surface area contributed by atoms with Crippen molar-refractivity contribution in [3.05, 3.63) is 28.2 Å². The molecule has 0 amide bonds. The average molecular weight is 355 g/mol. The van der Waals surface area contributed by atoms with E-state index in [0.717, 1.165) is 42.6 Å². The predicted octanol–water partition coefficient (Wildman–Crippen LogP) is 2.19. The lowest BCUT2D eigenvalue weighted by molar-refractivity contribution is 0.00163. The smallest absolute Gasteiger partial charge is 0.123 e. The highest BCUT2D eigenvalue weighted by Gasteiger charge is 2.32. The number of halogens is 1. The maximum absolute atomic E-state index is 6.08. The van der Waals surface area contributed by atoms with E-state index in [1.165, 1.54) is 5.56 Å². The van der Waals surface area contributed by atoms with E-state index in [4.69, 9.17) is 15.2 Å². The van der Waals surface area contributed by atoms with Crippen molar-refractivity contribution < 1.29 is 9.47 Å². The van der Waals surface area contributed by atoms with Crippen LogP contribution in [0, 0.1) is 0 Å². The Balaban J connectivity index is 1.60. The van der Waals surface area contributed by atoms with E-state index in [1.807, 2.05) is 6.07 Å². The largest absolute Gasteiger partial charge is 0.488 e. The van der Waals surface area contributed by atoms with E-state index in [1.54, 1.807) is 7.11 Å². The number of nitrogens with two attached hydrogens (primary N) is 1. The summed E-state index contributed by atoms with van der Waals surface area (Å²) in [6.07, 6.45) is 3.68. The zero-order valence-corrected chi connectivity index (χ0v) is 14.0. The minimum atomic E-state index is 0.238. The van der Waals surface area contributed by atoms with E-state index in [9.17, 15) is 0 Å². The number of nitrogens with zero attached hydrogens (tertiary/aromatic N) is 1. The predicted molar refractivity (Wildman–Crippen MR) is 86.7 cm³/mol. The number of ether oxygens (including phenoxy) is 2. The number of piperidine rings is 1. The standard InChI is InChI=1S/C16H23BrN2O2/c1-20-14-4-5-19(13(8-14)9-18)10-15-7-11-6-12(17)2-3-16(11)21-15/h2-3,6,13-15H,4-5,7-10,18H2,1H3. The van der Waals surface area contributed by atoms with Crippen LogP contribution in [0.2, 0.25) is 0 Å². The Morgan fingerprint density at radius 2 is 2.33 bits per heavy atom. The number of likely N-dealkylation sites (tertiary alicyclic amines) is 1. The third-order valence-corrected chi connectivity index (χ3v) is 5.09. The third-order valence-electron chi connectivity index (χ3n) is 4.60. The molecule has 0 radical (unpaired) electrons. The van der Waals surface area contributed by atoms with Gasteiger partial charge >= 0.3 is 0 Å². The molecule has 3 unspecified atom stereocenters. The minimum Gasteiger partial charge on any atom is -0.488 e. The lowest BCUT2D eigenvalue weighted by Gasteiger charge is -2.39. The molecule has 3 rings (SSSR count). The van der Waals surface area contributed by atoms with Gasteiger partial charge in [-0.15, -0.1) is 0 Å². The molecule has 3 atom stereocenters. The van der Waals surface area contributed by atoms with Gasteiger partial charge in [0, 0.05) is 43.7 Å². The van der Waals surface area contributed by atoms with Crippen LogP contribution >= 0.6 is 15.9 Å². The van der Waals surface area contributed by atoms with Crippen LogP contribution in [-0.2, 0) is 11.2 Å². The molecule has 116 valence electrons. The van der Waals surface area contributed by atoms with Gasteiger partial charge in [0.1, 0.15) is 11.9 Å². The maximum atomic E-state index is 6.08. The van der Waals surface area contributed by atoms with Gasteiger partial charge in [-0.1, -0.05) is 15.9 Å². The first-order valence-corrected chi connectivity index (χ1v) is 8.41. The Morgan fingerprint density at radius 3 is 3.10 bits per heavy atom. The molecule has 0 spiro atoms. The summed E-state index contributed by atoms with van der Waals surface area (Å²) < 4.78 is 12.7. The minimum absolute atomic E-state index is 0.238. The summed E-state index contributed by atoms with van der Waals surface area (Å²) in [5.74, 6) is 1.03. The second kappa shape index (κ2) is 6.65. The Kier molecular flexibility index (Phi) is 4.84. The molecule has 0 aromatic heterocycles.